The van der Waals surface area contributed by atoms with Crippen molar-refractivity contribution in [3.8, 4) is 0 Å². The van der Waals surface area contributed by atoms with E-state index in [0.717, 1.165) is 6.42 Å². The van der Waals surface area contributed by atoms with Crippen molar-refractivity contribution in [2.45, 2.75) is 18.3 Å². The second-order valence-electron chi connectivity index (χ2n) is 9.15. The van der Waals surface area contributed by atoms with Gasteiger partial charge in [0.2, 0.25) is 0 Å². The second-order valence-corrected chi connectivity index (χ2v) is 34.4. The van der Waals surface area contributed by atoms with Crippen molar-refractivity contribution in [2.24, 2.45) is 0 Å². The van der Waals surface area contributed by atoms with Crippen LogP contribution in [-0.4, -0.2) is 6.88 Å². The minimum absolute atomic E-state index is 0. The molecular weight excluding hydrogens is 527 g/mol. The van der Waals surface area contributed by atoms with Crippen LogP contribution < -0.4 is 0 Å². The Bertz CT molecular complexity index is 1180. The Kier molecular flexibility index (Phi) is 8.05. The van der Waals surface area contributed by atoms with E-state index in [-0.39, 0.29) is 24.8 Å². The van der Waals surface area contributed by atoms with E-state index < -0.39 is 17.4 Å². The van der Waals surface area contributed by atoms with Gasteiger partial charge in [-0.2, -0.15) is 0 Å². The fourth-order valence-corrected chi connectivity index (χ4v) is 29.6. The molecule has 0 radical (unpaired) electrons. The normalized spacial score (nSPS) is 16.7. The van der Waals surface area contributed by atoms with Gasteiger partial charge in [0.15, 0.2) is 0 Å². The van der Waals surface area contributed by atoms with Crippen molar-refractivity contribution < 1.29 is 17.4 Å². The van der Waals surface area contributed by atoms with E-state index in [1.54, 1.807) is 8.84 Å². The molecule has 4 heteroatoms. The summed E-state index contributed by atoms with van der Waals surface area (Å²) >= 11 is -3.64. The molecule has 2 aliphatic carbocycles. The van der Waals surface area contributed by atoms with Crippen molar-refractivity contribution in [2.75, 3.05) is 0 Å². The topological polar surface area (TPSA) is 0 Å². The molecule has 5 rings (SSSR count). The summed E-state index contributed by atoms with van der Waals surface area (Å²) in [4.78, 5) is 0. The van der Waals surface area contributed by atoms with E-state index in [0.29, 0.717) is 3.63 Å². The van der Waals surface area contributed by atoms with Gasteiger partial charge in [0.05, 0.1) is 0 Å². The molecule has 0 heterocycles. The molecule has 0 nitrogen and oxygen atoms in total. The fourth-order valence-electron chi connectivity index (χ4n) is 5.78. The summed E-state index contributed by atoms with van der Waals surface area (Å²) in [6.45, 7) is 2.45. The van der Waals surface area contributed by atoms with Gasteiger partial charge >= 0.3 is 183 Å². The third-order valence-corrected chi connectivity index (χ3v) is 32.2. The van der Waals surface area contributed by atoms with Gasteiger partial charge in [0.1, 0.15) is 0 Å². The summed E-state index contributed by atoms with van der Waals surface area (Å²) in [5.74, 6) is 0. The first kappa shape index (κ1) is 25.2. The van der Waals surface area contributed by atoms with Crippen LogP contribution in [0.2, 0.25) is 0 Å². The molecule has 164 valence electrons. The van der Waals surface area contributed by atoms with Crippen LogP contribution >= 0.6 is 24.8 Å². The molecule has 1 unspecified atom stereocenters. The van der Waals surface area contributed by atoms with Crippen molar-refractivity contribution >= 4 is 37.8 Å². The standard InChI is InChI=1S/C9H7.2C7H7.C5H5.2ClH.H2Si.Zr/c1-2-5-9-7-3-6-8(9)4-1;2*1-7-5-3-2-4-6-7;1-2-4-5-3-1;;;;/h1-7H;2*2-6H,1H2;1-3H,4H2;2*1H;1H2;. The predicted molar refractivity (Wildman–Crippen MR) is 143 cm³/mol. The van der Waals surface area contributed by atoms with Gasteiger partial charge in [-0.1, -0.05) is 0 Å². The fraction of sp³-hybridized carbons (Fsp3) is 0.143. The van der Waals surface area contributed by atoms with Crippen LogP contribution in [0.15, 0.2) is 113 Å². The molecule has 3 aromatic rings. The second kappa shape index (κ2) is 10.2. The van der Waals surface area contributed by atoms with Crippen LogP contribution in [0, 0.1) is 0 Å². The van der Waals surface area contributed by atoms with Gasteiger partial charge in [-0.05, 0) is 0 Å². The number of benzene rings is 3. The average molecular weight is 557 g/mol. The maximum absolute atomic E-state index is 3.64. The van der Waals surface area contributed by atoms with Crippen molar-refractivity contribution in [3.05, 3.63) is 135 Å². The molecule has 0 aliphatic heterocycles. The van der Waals surface area contributed by atoms with Crippen molar-refractivity contribution in [1.82, 2.24) is 0 Å². The van der Waals surface area contributed by atoms with E-state index in [9.17, 15) is 0 Å². The van der Waals surface area contributed by atoms with Crippen LogP contribution in [-0.2, 0) is 25.7 Å². The van der Waals surface area contributed by atoms with Crippen LogP contribution in [0.4, 0.5) is 0 Å². The molecule has 0 saturated carbocycles. The molecule has 0 bridgehead atoms. The summed E-state index contributed by atoms with van der Waals surface area (Å²) in [5, 5.41) is 0. The van der Waals surface area contributed by atoms with E-state index in [4.69, 9.17) is 0 Å². The molecule has 0 aromatic heterocycles. The zero-order valence-electron chi connectivity index (χ0n) is 18.2. The number of hydrogen-bond donors (Lipinski definition) is 0. The third-order valence-electron chi connectivity index (χ3n) is 7.23. The number of rotatable bonds is 6. The SMILES string of the molecule is Cl.Cl.[SiH2]=[Zr]([CH2]c1ccccc1)([CH2]c1ccccc1)([C]1=CC=CC1)[CH]1C=Cc2ccccc21. The van der Waals surface area contributed by atoms with Gasteiger partial charge in [-0.15, -0.1) is 24.8 Å². The predicted octanol–water partition coefficient (Wildman–Crippen LogP) is 7.08. The maximum atomic E-state index is 2.56. The zero-order chi connectivity index (χ0) is 20.5. The minimum atomic E-state index is -3.64. The number of allylic oxidation sites excluding steroid dienone is 5. The summed E-state index contributed by atoms with van der Waals surface area (Å²) in [7, 11) is 0. The van der Waals surface area contributed by atoms with Crippen molar-refractivity contribution in [3.63, 3.8) is 0 Å². The average Bonchev–Trinajstić information content (AvgIpc) is 3.47. The Labute approximate surface area is 206 Å². The third kappa shape index (κ3) is 4.48. The van der Waals surface area contributed by atoms with E-state index in [1.807, 2.05) is 0 Å². The van der Waals surface area contributed by atoms with Gasteiger partial charge < -0.3 is 0 Å². The first-order valence-electron chi connectivity index (χ1n) is 10.9. The van der Waals surface area contributed by atoms with Gasteiger partial charge in [-0.25, -0.2) is 0 Å². The molecule has 32 heavy (non-hydrogen) atoms. The Morgan fingerprint density at radius 3 is 1.88 bits per heavy atom. The van der Waals surface area contributed by atoms with Gasteiger partial charge in [0.25, 0.3) is 0 Å². The molecule has 0 saturated heterocycles. The first-order chi connectivity index (χ1) is 14.7. The van der Waals surface area contributed by atoms with E-state index >= 15 is 0 Å². The van der Waals surface area contributed by atoms with E-state index in [1.165, 1.54) is 24.9 Å². The van der Waals surface area contributed by atoms with Gasteiger partial charge in [0, 0.05) is 0 Å². The molecular formula is C28H30Cl2SiZr. The summed E-state index contributed by atoms with van der Waals surface area (Å²) < 4.78 is 4.76. The summed E-state index contributed by atoms with van der Waals surface area (Å²) in [5.41, 5.74) is 5.97. The number of hydrogen-bond acceptors (Lipinski definition) is 0. The Morgan fingerprint density at radius 1 is 0.750 bits per heavy atom. The number of halogens is 2. The van der Waals surface area contributed by atoms with Crippen LogP contribution in [0.3, 0.4) is 0 Å². The molecule has 0 amide bonds. The Balaban J connectivity index is 0.00000144. The van der Waals surface area contributed by atoms with E-state index in [2.05, 4.69) is 122 Å². The molecule has 0 fully saturated rings. The molecule has 3 aromatic carbocycles. The van der Waals surface area contributed by atoms with Crippen LogP contribution in [0.25, 0.3) is 6.08 Å². The monoisotopic (exact) mass is 554 g/mol. The van der Waals surface area contributed by atoms with Crippen LogP contribution in [0.1, 0.15) is 32.3 Å². The molecule has 0 N–H and O–H groups in total. The van der Waals surface area contributed by atoms with Gasteiger partial charge in [-0.3, -0.25) is 0 Å². The molecule has 2 aliphatic rings. The Morgan fingerprint density at radius 2 is 1.31 bits per heavy atom. The zero-order valence-corrected chi connectivity index (χ0v) is 23.7. The number of fused-ring (bicyclic) bond motifs is 1. The summed E-state index contributed by atoms with van der Waals surface area (Å²) in [6.07, 6.45) is 13.2. The molecule has 1 atom stereocenters. The van der Waals surface area contributed by atoms with Crippen molar-refractivity contribution in [1.29, 1.82) is 0 Å². The molecule has 0 spiro atoms. The van der Waals surface area contributed by atoms with Crippen LogP contribution in [0.5, 0.6) is 0 Å². The first-order valence-corrected chi connectivity index (χ1v) is 23.0. The Hall–Kier alpha value is -1.44. The quantitative estimate of drug-likeness (QED) is 0.285. The summed E-state index contributed by atoms with van der Waals surface area (Å²) in [6, 6.07) is 31.6.